The summed E-state index contributed by atoms with van der Waals surface area (Å²) >= 11 is 0. The van der Waals surface area contributed by atoms with Crippen LogP contribution < -0.4 is 5.73 Å². The average molecular weight is 301 g/mol. The van der Waals surface area contributed by atoms with E-state index in [1.165, 1.54) is 6.07 Å². The van der Waals surface area contributed by atoms with Crippen molar-refractivity contribution >= 4 is 15.5 Å². The van der Waals surface area contributed by atoms with Gasteiger partial charge in [-0.3, -0.25) is 0 Å². The fourth-order valence-electron chi connectivity index (χ4n) is 1.69. The molecule has 0 saturated heterocycles. The first-order valence-electron chi connectivity index (χ1n) is 5.51. The van der Waals surface area contributed by atoms with E-state index in [4.69, 9.17) is 5.73 Å². The van der Waals surface area contributed by atoms with Crippen molar-refractivity contribution in [2.24, 2.45) is 0 Å². The van der Waals surface area contributed by atoms with E-state index < -0.39 is 37.9 Å². The largest absolute Gasteiger partial charge is 0.399 e. The molecule has 0 spiro atoms. The van der Waals surface area contributed by atoms with Crippen molar-refractivity contribution in [3.63, 3.8) is 0 Å². The normalized spacial score (nSPS) is 11.6. The molecule has 0 heterocycles. The van der Waals surface area contributed by atoms with Gasteiger partial charge < -0.3 is 5.73 Å². The zero-order valence-electron chi connectivity index (χ0n) is 10.1. The molecule has 7 heteroatoms. The molecule has 2 N–H and O–H groups in total. The Balaban J connectivity index is 2.41. The fraction of sp³-hybridized carbons (Fsp3) is 0.0769. The lowest BCUT2D eigenvalue weighted by atomic mass is 10.2. The molecule has 106 valence electrons. The Morgan fingerprint density at radius 2 is 1.65 bits per heavy atom. The fourth-order valence-corrected chi connectivity index (χ4v) is 3.12. The Hall–Kier alpha value is -2.02. The van der Waals surface area contributed by atoms with Gasteiger partial charge >= 0.3 is 0 Å². The number of hydrogen-bond acceptors (Lipinski definition) is 3. The van der Waals surface area contributed by atoms with Crippen LogP contribution in [0.1, 0.15) is 5.56 Å². The van der Waals surface area contributed by atoms with Crippen molar-refractivity contribution in [3.8, 4) is 0 Å². The van der Waals surface area contributed by atoms with Crippen LogP contribution in [0.5, 0.6) is 0 Å². The number of hydrogen-bond donors (Lipinski definition) is 1. The summed E-state index contributed by atoms with van der Waals surface area (Å²) in [5.74, 6) is -3.58. The molecule has 0 amide bonds. The summed E-state index contributed by atoms with van der Waals surface area (Å²) in [5.41, 5.74) is 5.17. The number of rotatable bonds is 3. The van der Waals surface area contributed by atoms with Crippen molar-refractivity contribution in [2.45, 2.75) is 10.6 Å². The number of nitrogens with two attached hydrogens (primary N) is 1. The summed E-state index contributed by atoms with van der Waals surface area (Å²) in [4.78, 5) is -0.574. The molecule has 2 rings (SSSR count). The monoisotopic (exact) mass is 301 g/mol. The lowest BCUT2D eigenvalue weighted by Crippen LogP contribution is -2.09. The van der Waals surface area contributed by atoms with Gasteiger partial charge in [0.15, 0.2) is 9.84 Å². The van der Waals surface area contributed by atoms with Crippen LogP contribution in [0, 0.1) is 17.5 Å². The minimum absolute atomic E-state index is 0.0782. The molecule has 0 aliphatic rings. The highest BCUT2D eigenvalue weighted by Gasteiger charge is 2.21. The molecule has 0 bridgehead atoms. The highest BCUT2D eigenvalue weighted by Crippen LogP contribution is 2.22. The molecule has 0 unspecified atom stereocenters. The van der Waals surface area contributed by atoms with Gasteiger partial charge in [-0.1, -0.05) is 6.07 Å². The van der Waals surface area contributed by atoms with Gasteiger partial charge in [0.1, 0.15) is 22.3 Å². The van der Waals surface area contributed by atoms with E-state index in [2.05, 4.69) is 0 Å². The zero-order chi connectivity index (χ0) is 14.9. The van der Waals surface area contributed by atoms with E-state index in [1.54, 1.807) is 0 Å². The standard InChI is InChI=1S/C13H10F3NO2S/c14-9-2-1-8(11(15)5-9)7-20(18,19)13-4-3-10(17)6-12(13)16/h1-6H,7,17H2. The Morgan fingerprint density at radius 1 is 0.950 bits per heavy atom. The van der Waals surface area contributed by atoms with E-state index in [0.717, 1.165) is 24.3 Å². The van der Waals surface area contributed by atoms with Gasteiger partial charge in [0.2, 0.25) is 0 Å². The van der Waals surface area contributed by atoms with Gasteiger partial charge in [-0.15, -0.1) is 0 Å². The van der Waals surface area contributed by atoms with Crippen molar-refractivity contribution < 1.29 is 21.6 Å². The lowest BCUT2D eigenvalue weighted by molar-refractivity contribution is 0.558. The van der Waals surface area contributed by atoms with Gasteiger partial charge in [0.05, 0.1) is 5.75 Å². The van der Waals surface area contributed by atoms with Crippen LogP contribution in [-0.4, -0.2) is 8.42 Å². The summed E-state index contributed by atoms with van der Waals surface area (Å²) in [5, 5.41) is 0. The van der Waals surface area contributed by atoms with E-state index in [-0.39, 0.29) is 11.3 Å². The Bertz CT molecular complexity index is 760. The van der Waals surface area contributed by atoms with Crippen LogP contribution in [-0.2, 0) is 15.6 Å². The topological polar surface area (TPSA) is 60.2 Å². The molecule has 0 atom stereocenters. The number of halogens is 3. The molecule has 0 fully saturated rings. The highest BCUT2D eigenvalue weighted by molar-refractivity contribution is 7.90. The van der Waals surface area contributed by atoms with Crippen molar-refractivity contribution in [2.75, 3.05) is 5.73 Å². The highest BCUT2D eigenvalue weighted by atomic mass is 32.2. The molecular weight excluding hydrogens is 291 g/mol. The maximum Gasteiger partial charge on any atom is 0.185 e. The molecule has 0 saturated carbocycles. The zero-order valence-corrected chi connectivity index (χ0v) is 10.9. The molecule has 20 heavy (non-hydrogen) atoms. The smallest absolute Gasteiger partial charge is 0.185 e. The van der Waals surface area contributed by atoms with Crippen LogP contribution in [0.3, 0.4) is 0 Å². The average Bonchev–Trinajstić information content (AvgIpc) is 2.32. The Kier molecular flexibility index (Phi) is 3.71. The van der Waals surface area contributed by atoms with Crippen LogP contribution in [0.4, 0.5) is 18.9 Å². The van der Waals surface area contributed by atoms with Crippen LogP contribution in [0.25, 0.3) is 0 Å². The summed E-state index contributed by atoms with van der Waals surface area (Å²) in [6.07, 6.45) is 0. The van der Waals surface area contributed by atoms with Gasteiger partial charge in [0, 0.05) is 17.3 Å². The number of benzene rings is 2. The number of nitrogen functional groups attached to an aromatic ring is 1. The minimum atomic E-state index is -4.09. The van der Waals surface area contributed by atoms with E-state index in [0.29, 0.717) is 6.07 Å². The summed E-state index contributed by atoms with van der Waals surface area (Å²) in [7, 11) is -4.09. The van der Waals surface area contributed by atoms with E-state index >= 15 is 0 Å². The SMILES string of the molecule is Nc1ccc(S(=O)(=O)Cc2ccc(F)cc2F)c(F)c1. The molecule has 0 radical (unpaired) electrons. The molecule has 2 aromatic rings. The number of sulfone groups is 1. The predicted molar refractivity (Wildman–Crippen MR) is 68.1 cm³/mol. The second-order valence-corrected chi connectivity index (χ2v) is 6.14. The quantitative estimate of drug-likeness (QED) is 0.887. The van der Waals surface area contributed by atoms with Crippen LogP contribution in [0.2, 0.25) is 0 Å². The second-order valence-electron chi connectivity index (χ2n) is 4.18. The van der Waals surface area contributed by atoms with Crippen LogP contribution in [0.15, 0.2) is 41.3 Å². The maximum absolute atomic E-state index is 13.6. The second kappa shape index (κ2) is 5.16. The van der Waals surface area contributed by atoms with Crippen molar-refractivity contribution in [1.82, 2.24) is 0 Å². The van der Waals surface area contributed by atoms with Gasteiger partial charge in [-0.2, -0.15) is 0 Å². The van der Waals surface area contributed by atoms with Gasteiger partial charge in [-0.25, -0.2) is 21.6 Å². The third kappa shape index (κ3) is 2.93. The van der Waals surface area contributed by atoms with Crippen LogP contribution >= 0.6 is 0 Å². The first-order chi connectivity index (χ1) is 9.29. The van der Waals surface area contributed by atoms with Gasteiger partial charge in [-0.05, 0) is 24.3 Å². The maximum atomic E-state index is 13.6. The molecular formula is C13H10F3NO2S. The minimum Gasteiger partial charge on any atom is -0.399 e. The van der Waals surface area contributed by atoms with E-state index in [9.17, 15) is 21.6 Å². The predicted octanol–water partition coefficient (Wildman–Crippen LogP) is 2.66. The third-order valence-electron chi connectivity index (χ3n) is 2.65. The molecule has 0 aliphatic carbocycles. The first kappa shape index (κ1) is 14.4. The Morgan fingerprint density at radius 3 is 2.25 bits per heavy atom. The molecule has 3 nitrogen and oxygen atoms in total. The summed E-state index contributed by atoms with van der Waals surface area (Å²) in [6.45, 7) is 0. The van der Waals surface area contributed by atoms with Gasteiger partial charge in [0.25, 0.3) is 0 Å². The molecule has 2 aromatic carbocycles. The Labute approximate surface area is 113 Å². The summed E-state index contributed by atoms with van der Waals surface area (Å²) < 4.78 is 63.9. The number of anilines is 1. The molecule has 0 aromatic heterocycles. The first-order valence-corrected chi connectivity index (χ1v) is 7.16. The summed E-state index contributed by atoms with van der Waals surface area (Å²) in [6, 6.07) is 5.64. The van der Waals surface area contributed by atoms with Crippen molar-refractivity contribution in [1.29, 1.82) is 0 Å². The molecule has 0 aliphatic heterocycles. The van der Waals surface area contributed by atoms with Crippen molar-refractivity contribution in [3.05, 3.63) is 59.4 Å². The lowest BCUT2D eigenvalue weighted by Gasteiger charge is -2.07. The van der Waals surface area contributed by atoms with E-state index in [1.807, 2.05) is 0 Å². The third-order valence-corrected chi connectivity index (χ3v) is 4.34.